The molecular formula is C74H98O14Si2. The quantitative estimate of drug-likeness (QED) is 0.0876. The highest BCUT2D eigenvalue weighted by atomic mass is 28.4. The fourth-order valence-electron chi connectivity index (χ4n) is 16.8. The molecule has 20 atom stereocenters. The normalized spacial score (nSPS) is 36.5. The van der Waals surface area contributed by atoms with Gasteiger partial charge in [-0.1, -0.05) is 190 Å². The first kappa shape index (κ1) is 65.6. The minimum Gasteiger partial charge on any atom is -0.459 e. The van der Waals surface area contributed by atoms with Crippen LogP contribution in [0, 0.1) is 11.8 Å². The van der Waals surface area contributed by atoms with Crippen LogP contribution in [0.1, 0.15) is 139 Å². The van der Waals surface area contributed by atoms with E-state index < -0.39 is 118 Å². The van der Waals surface area contributed by atoms with Gasteiger partial charge in [-0.2, -0.15) is 0 Å². The second-order valence-corrected chi connectivity index (χ2v) is 37.9. The topological polar surface area (TPSA) is 167 Å². The fourth-order valence-corrected chi connectivity index (χ4v) is 26.2. The lowest BCUT2D eigenvalue weighted by Gasteiger charge is -2.53. The van der Waals surface area contributed by atoms with E-state index in [-0.39, 0.29) is 74.3 Å². The van der Waals surface area contributed by atoms with Gasteiger partial charge in [-0.05, 0) is 99.3 Å². The number of rotatable bonds is 10. The molecule has 8 aliphatic rings. The molecule has 0 aliphatic carbocycles. The Bertz CT molecular complexity index is 3020. The maximum Gasteiger partial charge on any atom is 0.308 e. The number of hydrogen-bond donors (Lipinski definition) is 2. The van der Waals surface area contributed by atoms with Gasteiger partial charge in [0.15, 0.2) is 0 Å². The molecule has 12 rings (SSSR count). The Hall–Kier alpha value is -4.51. The molecule has 0 saturated carbocycles. The molecule has 90 heavy (non-hydrogen) atoms. The number of carbonyl (C=O) groups is 2. The van der Waals surface area contributed by atoms with E-state index in [0.29, 0.717) is 44.9 Å². The van der Waals surface area contributed by atoms with E-state index in [0.717, 1.165) is 44.7 Å². The molecule has 486 valence electrons. The summed E-state index contributed by atoms with van der Waals surface area (Å²) in [6.45, 7) is 26.8. The molecule has 0 spiro atoms. The van der Waals surface area contributed by atoms with Gasteiger partial charge >= 0.3 is 5.97 Å². The van der Waals surface area contributed by atoms with Crippen LogP contribution in [0.5, 0.6) is 0 Å². The summed E-state index contributed by atoms with van der Waals surface area (Å²) in [5, 5.41) is 24.8. The first-order valence-electron chi connectivity index (χ1n) is 33.7. The molecule has 4 aromatic carbocycles. The Kier molecular flexibility index (Phi) is 19.7. The number of ketones is 1. The number of ether oxygens (including phenoxy) is 8. The van der Waals surface area contributed by atoms with Crippen molar-refractivity contribution < 1.29 is 66.5 Å². The molecule has 2 N–H and O–H groups in total. The molecular weight excluding hydrogens is 1170 g/mol. The van der Waals surface area contributed by atoms with Gasteiger partial charge in [0.05, 0.1) is 79.7 Å². The zero-order valence-electron chi connectivity index (χ0n) is 54.2. The summed E-state index contributed by atoms with van der Waals surface area (Å²) >= 11 is 0. The second-order valence-electron chi connectivity index (χ2n) is 29.4. The standard InChI is InChI=1S/C74H98O14Si2/c1-45-39-51-33-35-58-46(2)40-50(79-58)32-31-49(76)41-62-69(87-89(73(5,6)7,53-23-15-11-16-24-53)54-25-17-12-18-26-54)70-71(85-62)72(88-90(74(8,9)10,55-27-19-13-20-28-55)56-29-21-14-22-30-56)68-60(84-70)36-34-52(81-68)42-65(78)86-67-48(4)66-63(43-57(77)59(83-66)37-38-75)82-64(67)44-61(80-51)47(45)3/h11-30,45,48,50-52,57-64,66-72,75,77H,2-3,31-44H2,1,4-10H3/t45-,48+,50?,51+,52?,57-,58?,59-,60+,61-,62-,63+,64?,66+,67-,68+,69+,70+,71-,72+/m1/s1. The lowest BCUT2D eigenvalue weighted by atomic mass is 9.79. The van der Waals surface area contributed by atoms with Gasteiger partial charge in [0, 0.05) is 38.2 Å². The van der Waals surface area contributed by atoms with Crippen molar-refractivity contribution in [2.45, 2.75) is 259 Å². The molecule has 0 aromatic heterocycles. The van der Waals surface area contributed by atoms with E-state index in [9.17, 15) is 10.2 Å². The number of Topliss-reactive ketones (excluding diaryl/α,β-unsaturated/α-hetero) is 1. The van der Waals surface area contributed by atoms with Crippen LogP contribution in [0.4, 0.5) is 0 Å². The van der Waals surface area contributed by atoms with Crippen LogP contribution >= 0.6 is 0 Å². The summed E-state index contributed by atoms with van der Waals surface area (Å²) in [5.74, 6) is -0.578. The van der Waals surface area contributed by atoms with Crippen LogP contribution in [0.2, 0.25) is 10.1 Å². The van der Waals surface area contributed by atoms with E-state index in [4.69, 9.17) is 46.7 Å². The molecule has 0 amide bonds. The Morgan fingerprint density at radius 3 is 1.61 bits per heavy atom. The van der Waals surface area contributed by atoms with Crippen molar-refractivity contribution in [2.24, 2.45) is 11.8 Å². The minimum atomic E-state index is -3.43. The van der Waals surface area contributed by atoms with Crippen LogP contribution in [0.15, 0.2) is 146 Å². The van der Waals surface area contributed by atoms with E-state index >= 15 is 9.59 Å². The molecule has 8 bridgehead atoms. The van der Waals surface area contributed by atoms with Gasteiger partial charge in [-0.3, -0.25) is 9.59 Å². The van der Waals surface area contributed by atoms with Crippen LogP contribution in [-0.2, 0) is 56.3 Å². The van der Waals surface area contributed by atoms with Gasteiger partial charge in [-0.15, -0.1) is 0 Å². The van der Waals surface area contributed by atoms with Crippen molar-refractivity contribution in [3.63, 3.8) is 0 Å². The molecule has 8 aliphatic heterocycles. The van der Waals surface area contributed by atoms with Crippen LogP contribution in [0.3, 0.4) is 0 Å². The highest BCUT2D eigenvalue weighted by molar-refractivity contribution is 7.00. The Morgan fingerprint density at radius 1 is 0.511 bits per heavy atom. The molecule has 8 fully saturated rings. The summed E-state index contributed by atoms with van der Waals surface area (Å²) in [6.07, 6.45) is -4.42. The SMILES string of the molecule is C=C1CC2CCC(=O)C[C@H]3O[C@H]4[C@@H](O[Si](c5ccccc5)(c5ccccc5)C(C)(C)C)[C@H]5OC(CC[C@@H]5O[C@H]4[C@H]3O[Si](c3ccccc3)(c3ccccc3)C(C)(C)C)CC(=O)O[C@H]3C(C[C@H]4O[C@@H](CCC1O2)C[C@@H](C)C4=C)O[C@H]1C[C@@H](O)[C@@H](CCO)O[C@H]1[C@@H]3C. The Balaban J connectivity index is 0.958. The monoisotopic (exact) mass is 1270 g/mol. The van der Waals surface area contributed by atoms with Crippen molar-refractivity contribution in [1.29, 1.82) is 0 Å². The van der Waals surface area contributed by atoms with Crippen molar-refractivity contribution >= 4 is 49.1 Å². The number of hydrogen-bond acceptors (Lipinski definition) is 14. The zero-order valence-corrected chi connectivity index (χ0v) is 56.2. The van der Waals surface area contributed by atoms with Gasteiger partial charge < -0.3 is 57.0 Å². The zero-order chi connectivity index (χ0) is 63.3. The summed E-state index contributed by atoms with van der Waals surface area (Å²) in [4.78, 5) is 30.2. The van der Waals surface area contributed by atoms with E-state index in [1.54, 1.807) is 0 Å². The maximum atomic E-state index is 15.1. The maximum absolute atomic E-state index is 15.1. The summed E-state index contributed by atoms with van der Waals surface area (Å²) in [7, 11) is -6.78. The van der Waals surface area contributed by atoms with Gasteiger partial charge in [0.2, 0.25) is 0 Å². The molecule has 8 heterocycles. The first-order chi connectivity index (χ1) is 43.1. The Labute approximate surface area is 535 Å². The molecule has 8 saturated heterocycles. The fraction of sp³-hybridized carbons (Fsp3) is 0.595. The highest BCUT2D eigenvalue weighted by Gasteiger charge is 2.65. The third-order valence-electron chi connectivity index (χ3n) is 21.4. The van der Waals surface area contributed by atoms with Crippen LogP contribution in [-0.4, -0.2) is 155 Å². The number of fused-ring (bicyclic) bond motifs is 8. The number of benzene rings is 4. The predicted molar refractivity (Wildman–Crippen MR) is 350 cm³/mol. The number of aliphatic hydroxyl groups is 2. The second kappa shape index (κ2) is 27.1. The average molecular weight is 1270 g/mol. The van der Waals surface area contributed by atoms with Gasteiger partial charge in [-0.25, -0.2) is 0 Å². The molecule has 0 radical (unpaired) electrons. The first-order valence-corrected chi connectivity index (χ1v) is 37.5. The summed E-state index contributed by atoms with van der Waals surface area (Å²) < 4.78 is 73.5. The van der Waals surface area contributed by atoms with Crippen molar-refractivity contribution in [1.82, 2.24) is 0 Å². The number of esters is 1. The van der Waals surface area contributed by atoms with E-state index in [2.05, 4.69) is 159 Å². The number of carbonyl (C=O) groups excluding carboxylic acids is 2. The largest absolute Gasteiger partial charge is 0.459 e. The lowest BCUT2D eigenvalue weighted by molar-refractivity contribution is -0.274. The molecule has 16 heteroatoms. The average Bonchev–Trinajstić information content (AvgIpc) is 1.30. The van der Waals surface area contributed by atoms with Crippen molar-refractivity contribution in [3.05, 3.63) is 146 Å². The third kappa shape index (κ3) is 12.9. The Morgan fingerprint density at radius 2 is 1.03 bits per heavy atom. The summed E-state index contributed by atoms with van der Waals surface area (Å²) in [5.41, 5.74) is 1.99. The predicted octanol–water partition coefficient (Wildman–Crippen LogP) is 9.55. The minimum absolute atomic E-state index is 0.0521. The van der Waals surface area contributed by atoms with Gasteiger partial charge in [0.25, 0.3) is 16.6 Å². The molecule has 4 unspecified atom stereocenters. The summed E-state index contributed by atoms with van der Waals surface area (Å²) in [6, 6.07) is 42.4. The molecule has 14 nitrogen and oxygen atoms in total. The van der Waals surface area contributed by atoms with Crippen molar-refractivity contribution in [2.75, 3.05) is 6.61 Å². The highest BCUT2D eigenvalue weighted by Crippen LogP contribution is 2.50. The third-order valence-corrected chi connectivity index (χ3v) is 31.5. The van der Waals surface area contributed by atoms with Crippen LogP contribution in [0.25, 0.3) is 0 Å². The van der Waals surface area contributed by atoms with Gasteiger partial charge in [0.1, 0.15) is 42.4 Å². The lowest BCUT2D eigenvalue weighted by Crippen LogP contribution is -2.73. The smallest absolute Gasteiger partial charge is 0.308 e. The van der Waals surface area contributed by atoms with Crippen molar-refractivity contribution in [3.8, 4) is 0 Å². The van der Waals surface area contributed by atoms with E-state index in [1.165, 1.54) is 0 Å². The van der Waals surface area contributed by atoms with E-state index in [1.807, 2.05) is 31.2 Å². The van der Waals surface area contributed by atoms with Crippen LogP contribution < -0.4 is 20.7 Å². The number of aliphatic hydroxyl groups excluding tert-OH is 2. The molecule has 4 aromatic rings.